The van der Waals surface area contributed by atoms with Crippen molar-refractivity contribution in [1.82, 2.24) is 20.3 Å². The van der Waals surface area contributed by atoms with E-state index in [4.69, 9.17) is 0 Å². The average Bonchev–Trinajstić information content (AvgIpc) is 2.91. The van der Waals surface area contributed by atoms with Gasteiger partial charge in [-0.3, -0.25) is 4.79 Å². The second-order valence-electron chi connectivity index (χ2n) is 3.69. The van der Waals surface area contributed by atoms with Crippen LogP contribution in [0.15, 0.2) is 36.7 Å². The highest BCUT2D eigenvalue weighted by atomic mass is 16.1. The van der Waals surface area contributed by atoms with Crippen molar-refractivity contribution < 1.29 is 4.79 Å². The minimum atomic E-state index is -0.0539. The maximum Gasteiger partial charge on any atom is 0.238 e. The predicted molar refractivity (Wildman–Crippen MR) is 68.5 cm³/mol. The topological polar surface area (TPSA) is 71.8 Å². The van der Waals surface area contributed by atoms with Gasteiger partial charge in [0.15, 0.2) is 0 Å². The lowest BCUT2D eigenvalue weighted by molar-refractivity contribution is -0.115. The lowest BCUT2D eigenvalue weighted by Crippen LogP contribution is -2.27. The Bertz CT molecular complexity index is 492. The molecule has 0 aliphatic carbocycles. The zero-order valence-corrected chi connectivity index (χ0v) is 10.1. The third-order valence-electron chi connectivity index (χ3n) is 2.34. The summed E-state index contributed by atoms with van der Waals surface area (Å²) in [5.74, 6) is -0.0539. The molecule has 1 aromatic heterocycles. The quantitative estimate of drug-likeness (QED) is 0.818. The molecule has 0 aliphatic rings. The molecule has 0 aliphatic heterocycles. The molecule has 0 radical (unpaired) electrons. The van der Waals surface area contributed by atoms with Crippen LogP contribution < -0.4 is 10.6 Å². The molecule has 2 rings (SSSR count). The number of nitrogens with one attached hydrogen (secondary N) is 2. The zero-order valence-electron chi connectivity index (χ0n) is 10.1. The molecule has 0 saturated carbocycles. The first-order valence-electron chi connectivity index (χ1n) is 5.77. The largest absolute Gasteiger partial charge is 0.325 e. The number of nitrogens with zero attached hydrogens (tertiary/aromatic N) is 3. The van der Waals surface area contributed by atoms with Gasteiger partial charge in [-0.25, -0.2) is 0 Å². The molecule has 0 atom stereocenters. The number of carbonyl (C=O) groups is 1. The molecule has 1 aromatic carbocycles. The Morgan fingerprint density at radius 1 is 1.22 bits per heavy atom. The zero-order chi connectivity index (χ0) is 12.8. The van der Waals surface area contributed by atoms with E-state index in [0.29, 0.717) is 6.54 Å². The molecule has 1 amide bonds. The highest BCUT2D eigenvalue weighted by Gasteiger charge is 2.02. The lowest BCUT2D eigenvalue weighted by atomic mass is 10.3. The fraction of sp³-hybridized carbons (Fsp3) is 0.250. The molecule has 2 aromatic rings. The van der Waals surface area contributed by atoms with Crippen LogP contribution in [0.2, 0.25) is 0 Å². The van der Waals surface area contributed by atoms with Crippen LogP contribution in [0, 0.1) is 0 Å². The summed E-state index contributed by atoms with van der Waals surface area (Å²) in [6.45, 7) is 3.05. The molecule has 94 valence electrons. The first-order chi connectivity index (χ1) is 8.79. The normalized spacial score (nSPS) is 10.3. The molecule has 18 heavy (non-hydrogen) atoms. The molecule has 0 unspecified atom stereocenters. The first-order valence-corrected chi connectivity index (χ1v) is 5.77. The van der Waals surface area contributed by atoms with Gasteiger partial charge in [-0.2, -0.15) is 15.0 Å². The number of hydrogen-bond donors (Lipinski definition) is 2. The SMILES string of the molecule is CCNCC(=O)Nc1ccc(-n2nccn2)cc1. The highest BCUT2D eigenvalue weighted by Crippen LogP contribution is 2.11. The number of hydrogen-bond acceptors (Lipinski definition) is 4. The third-order valence-corrected chi connectivity index (χ3v) is 2.34. The molecule has 1 heterocycles. The van der Waals surface area contributed by atoms with Crippen molar-refractivity contribution in [3.05, 3.63) is 36.7 Å². The van der Waals surface area contributed by atoms with E-state index in [1.54, 1.807) is 12.4 Å². The monoisotopic (exact) mass is 245 g/mol. The van der Waals surface area contributed by atoms with Gasteiger partial charge in [0.25, 0.3) is 0 Å². The summed E-state index contributed by atoms with van der Waals surface area (Å²) in [5.41, 5.74) is 1.61. The summed E-state index contributed by atoms with van der Waals surface area (Å²) in [5, 5.41) is 13.8. The van der Waals surface area contributed by atoms with Gasteiger partial charge in [0, 0.05) is 5.69 Å². The summed E-state index contributed by atoms with van der Waals surface area (Å²) < 4.78 is 0. The predicted octanol–water partition coefficient (Wildman–Crippen LogP) is 0.815. The third kappa shape index (κ3) is 3.14. The van der Waals surface area contributed by atoms with Gasteiger partial charge in [0.2, 0.25) is 5.91 Å². The van der Waals surface area contributed by atoms with Crippen LogP contribution in [-0.4, -0.2) is 34.0 Å². The second-order valence-corrected chi connectivity index (χ2v) is 3.69. The molecule has 6 nitrogen and oxygen atoms in total. The van der Waals surface area contributed by atoms with Crippen LogP contribution in [-0.2, 0) is 4.79 Å². The number of rotatable bonds is 5. The Morgan fingerprint density at radius 3 is 2.50 bits per heavy atom. The maximum absolute atomic E-state index is 11.5. The van der Waals surface area contributed by atoms with E-state index in [1.165, 1.54) is 4.80 Å². The van der Waals surface area contributed by atoms with Gasteiger partial charge in [0.05, 0.1) is 24.6 Å². The van der Waals surface area contributed by atoms with Gasteiger partial charge >= 0.3 is 0 Å². The van der Waals surface area contributed by atoms with E-state index in [1.807, 2.05) is 31.2 Å². The van der Waals surface area contributed by atoms with Crippen molar-refractivity contribution in [3.63, 3.8) is 0 Å². The van der Waals surface area contributed by atoms with E-state index in [0.717, 1.165) is 17.9 Å². The fourth-order valence-electron chi connectivity index (χ4n) is 1.47. The second kappa shape index (κ2) is 5.92. The van der Waals surface area contributed by atoms with Crippen molar-refractivity contribution in [2.75, 3.05) is 18.4 Å². The van der Waals surface area contributed by atoms with Crippen LogP contribution in [0.4, 0.5) is 5.69 Å². The summed E-state index contributed by atoms with van der Waals surface area (Å²) in [6.07, 6.45) is 3.23. The summed E-state index contributed by atoms with van der Waals surface area (Å²) in [6, 6.07) is 7.34. The number of likely N-dealkylation sites (N-methyl/N-ethyl adjacent to an activating group) is 1. The Balaban J connectivity index is 1.98. The first kappa shape index (κ1) is 12.3. The molecule has 0 bridgehead atoms. The minimum Gasteiger partial charge on any atom is -0.325 e. The number of carbonyl (C=O) groups excluding carboxylic acids is 1. The van der Waals surface area contributed by atoms with E-state index in [-0.39, 0.29) is 5.91 Å². The Kier molecular flexibility index (Phi) is 4.03. The molecule has 0 spiro atoms. The highest BCUT2D eigenvalue weighted by molar-refractivity contribution is 5.92. The maximum atomic E-state index is 11.5. The van der Waals surface area contributed by atoms with Gasteiger partial charge in [-0.15, -0.1) is 0 Å². The van der Waals surface area contributed by atoms with Crippen molar-refractivity contribution in [1.29, 1.82) is 0 Å². The molecule has 0 saturated heterocycles. The molecular formula is C12H15N5O. The smallest absolute Gasteiger partial charge is 0.238 e. The van der Waals surface area contributed by atoms with Gasteiger partial charge < -0.3 is 10.6 Å². The summed E-state index contributed by atoms with van der Waals surface area (Å²) >= 11 is 0. The Labute approximate surface area is 105 Å². The van der Waals surface area contributed by atoms with Gasteiger partial charge in [0.1, 0.15) is 0 Å². The van der Waals surface area contributed by atoms with E-state index in [9.17, 15) is 4.79 Å². The van der Waals surface area contributed by atoms with E-state index in [2.05, 4.69) is 20.8 Å². The van der Waals surface area contributed by atoms with Crippen LogP contribution >= 0.6 is 0 Å². The molecular weight excluding hydrogens is 230 g/mol. The average molecular weight is 245 g/mol. The van der Waals surface area contributed by atoms with Crippen molar-refractivity contribution in [2.45, 2.75) is 6.92 Å². The number of amides is 1. The minimum absolute atomic E-state index is 0.0539. The fourth-order valence-corrected chi connectivity index (χ4v) is 1.47. The number of benzene rings is 1. The number of anilines is 1. The van der Waals surface area contributed by atoms with Crippen molar-refractivity contribution in [2.24, 2.45) is 0 Å². The van der Waals surface area contributed by atoms with Gasteiger partial charge in [-0.05, 0) is 30.8 Å². The van der Waals surface area contributed by atoms with Crippen LogP contribution in [0.1, 0.15) is 6.92 Å². The van der Waals surface area contributed by atoms with Gasteiger partial charge in [-0.1, -0.05) is 6.92 Å². The molecule has 0 fully saturated rings. The van der Waals surface area contributed by atoms with E-state index < -0.39 is 0 Å². The van der Waals surface area contributed by atoms with E-state index >= 15 is 0 Å². The van der Waals surface area contributed by atoms with Crippen LogP contribution in [0.25, 0.3) is 5.69 Å². The van der Waals surface area contributed by atoms with Crippen molar-refractivity contribution >= 4 is 11.6 Å². The van der Waals surface area contributed by atoms with Crippen molar-refractivity contribution in [3.8, 4) is 5.69 Å². The summed E-state index contributed by atoms with van der Waals surface area (Å²) in [7, 11) is 0. The standard InChI is InChI=1S/C12H15N5O/c1-2-13-9-12(18)16-10-3-5-11(6-4-10)17-14-7-8-15-17/h3-8,13H,2,9H2,1H3,(H,16,18). The van der Waals surface area contributed by atoms with Crippen LogP contribution in [0.5, 0.6) is 0 Å². The van der Waals surface area contributed by atoms with Crippen LogP contribution in [0.3, 0.4) is 0 Å². The lowest BCUT2D eigenvalue weighted by Gasteiger charge is -2.06. The summed E-state index contributed by atoms with van der Waals surface area (Å²) in [4.78, 5) is 13.0. The Hall–Kier alpha value is -2.21. The Morgan fingerprint density at radius 2 is 1.89 bits per heavy atom. The molecule has 2 N–H and O–H groups in total. The number of aromatic nitrogens is 3. The molecule has 6 heteroatoms.